The third-order valence-corrected chi connectivity index (χ3v) is 5.09. The van der Waals surface area contributed by atoms with Gasteiger partial charge in [0.25, 0.3) is 0 Å². The van der Waals surface area contributed by atoms with Crippen LogP contribution in [0.4, 0.5) is 0 Å². The van der Waals surface area contributed by atoms with Gasteiger partial charge in [-0.1, -0.05) is 0 Å². The Hall–Kier alpha value is 0. The second-order valence-electron chi connectivity index (χ2n) is 4.78. The molecule has 5 aliphatic rings. The summed E-state index contributed by atoms with van der Waals surface area (Å²) in [4.78, 5) is 0. The molecule has 0 heteroatoms. The molecular weight excluding hydrogens is 108 g/mol. The lowest BCUT2D eigenvalue weighted by Crippen LogP contribution is -2.64. The van der Waals surface area contributed by atoms with Gasteiger partial charge in [0.2, 0.25) is 0 Å². The molecular formula is C9H12. The van der Waals surface area contributed by atoms with Gasteiger partial charge in [0.05, 0.1) is 0 Å². The zero-order valence-electron chi connectivity index (χ0n) is 5.64. The van der Waals surface area contributed by atoms with Crippen molar-refractivity contribution >= 4 is 0 Å². The van der Waals surface area contributed by atoms with Gasteiger partial charge in [-0.05, 0) is 54.8 Å². The molecule has 0 aromatic rings. The third-order valence-electron chi connectivity index (χ3n) is 5.09. The van der Waals surface area contributed by atoms with E-state index in [0.29, 0.717) is 0 Å². The first kappa shape index (κ1) is 4.00. The first-order valence-electron chi connectivity index (χ1n) is 4.41. The van der Waals surface area contributed by atoms with E-state index >= 15 is 0 Å². The maximum atomic E-state index is 1.66. The second kappa shape index (κ2) is 0.810. The molecule has 0 nitrogen and oxygen atoms in total. The van der Waals surface area contributed by atoms with Gasteiger partial charge in [0, 0.05) is 0 Å². The maximum absolute atomic E-state index is 1.66. The van der Waals surface area contributed by atoms with Crippen molar-refractivity contribution in [3.63, 3.8) is 0 Å². The van der Waals surface area contributed by atoms with Crippen LogP contribution in [0.1, 0.15) is 25.7 Å². The highest BCUT2D eigenvalue weighted by Gasteiger charge is 2.78. The van der Waals surface area contributed by atoms with Gasteiger partial charge in [0.1, 0.15) is 0 Å². The van der Waals surface area contributed by atoms with Crippen molar-refractivity contribution in [3.05, 3.63) is 0 Å². The maximum Gasteiger partial charge on any atom is -0.0207 e. The van der Waals surface area contributed by atoms with Crippen molar-refractivity contribution in [2.24, 2.45) is 29.1 Å². The van der Waals surface area contributed by atoms with Crippen LogP contribution in [0.15, 0.2) is 0 Å². The molecule has 0 N–H and O–H groups in total. The van der Waals surface area contributed by atoms with E-state index < -0.39 is 0 Å². The molecule has 1 spiro atoms. The van der Waals surface area contributed by atoms with Gasteiger partial charge in [0.15, 0.2) is 0 Å². The molecule has 5 aliphatic carbocycles. The van der Waals surface area contributed by atoms with Gasteiger partial charge in [-0.3, -0.25) is 0 Å². The van der Waals surface area contributed by atoms with E-state index in [9.17, 15) is 0 Å². The quantitative estimate of drug-likeness (QED) is 0.459. The Morgan fingerprint density at radius 3 is 2.44 bits per heavy atom. The standard InChI is InChI=1S/C9H12/c1-5-4-9-6(1)2-7(9)3-8(5)9/h5-8H,1-4H2. The fourth-order valence-electron chi connectivity index (χ4n) is 4.72. The van der Waals surface area contributed by atoms with Crippen molar-refractivity contribution in [1.82, 2.24) is 0 Å². The summed E-state index contributed by atoms with van der Waals surface area (Å²) in [6.45, 7) is 0. The summed E-state index contributed by atoms with van der Waals surface area (Å²) < 4.78 is 0. The molecule has 5 saturated carbocycles. The summed E-state index contributed by atoms with van der Waals surface area (Å²) in [5, 5.41) is 0. The predicted molar refractivity (Wildman–Crippen MR) is 34.9 cm³/mol. The van der Waals surface area contributed by atoms with Crippen molar-refractivity contribution in [2.45, 2.75) is 25.7 Å². The van der Waals surface area contributed by atoms with Crippen molar-refractivity contribution < 1.29 is 0 Å². The smallest absolute Gasteiger partial charge is 0.0207 e. The van der Waals surface area contributed by atoms with Crippen LogP contribution in [-0.4, -0.2) is 0 Å². The van der Waals surface area contributed by atoms with Crippen LogP contribution >= 0.6 is 0 Å². The van der Waals surface area contributed by atoms with Crippen molar-refractivity contribution in [2.75, 3.05) is 0 Å². The minimum Gasteiger partial charge on any atom is -0.0467 e. The lowest BCUT2D eigenvalue weighted by molar-refractivity contribution is -0.225. The summed E-state index contributed by atoms with van der Waals surface area (Å²) in [5.74, 6) is 4.98. The van der Waals surface area contributed by atoms with Gasteiger partial charge in [-0.25, -0.2) is 0 Å². The Kier molecular flexibility index (Phi) is 0.360. The van der Waals surface area contributed by atoms with Crippen LogP contribution in [0.5, 0.6) is 0 Å². The Balaban J connectivity index is 1.97. The minimum atomic E-state index is 1.03. The molecule has 5 unspecified atom stereocenters. The number of hydrogen-bond acceptors (Lipinski definition) is 0. The summed E-state index contributed by atoms with van der Waals surface area (Å²) in [7, 11) is 0. The zero-order chi connectivity index (χ0) is 5.64. The summed E-state index contributed by atoms with van der Waals surface area (Å²) >= 11 is 0. The third kappa shape index (κ3) is 0.189. The highest BCUT2D eigenvalue weighted by molar-refractivity contribution is 5.27. The van der Waals surface area contributed by atoms with Crippen LogP contribution in [0.3, 0.4) is 0 Å². The van der Waals surface area contributed by atoms with Crippen molar-refractivity contribution in [3.8, 4) is 0 Å². The van der Waals surface area contributed by atoms with E-state index in [0.717, 1.165) is 5.41 Å². The Morgan fingerprint density at radius 2 is 1.89 bits per heavy atom. The molecule has 9 heavy (non-hydrogen) atoms. The molecule has 48 valence electrons. The molecule has 5 fully saturated rings. The van der Waals surface area contributed by atoms with E-state index in [1.54, 1.807) is 25.7 Å². The molecule has 2 bridgehead atoms. The van der Waals surface area contributed by atoms with Crippen LogP contribution in [0.2, 0.25) is 0 Å². The molecule has 0 radical (unpaired) electrons. The normalized spacial score (nSPS) is 80.0. The molecule has 0 saturated heterocycles. The molecule has 5 atom stereocenters. The van der Waals surface area contributed by atoms with Crippen molar-refractivity contribution in [1.29, 1.82) is 0 Å². The van der Waals surface area contributed by atoms with Gasteiger partial charge >= 0.3 is 0 Å². The number of hydrogen-bond donors (Lipinski definition) is 0. The van der Waals surface area contributed by atoms with E-state index in [2.05, 4.69) is 0 Å². The van der Waals surface area contributed by atoms with Gasteiger partial charge in [-0.2, -0.15) is 0 Å². The van der Waals surface area contributed by atoms with Crippen LogP contribution in [-0.2, 0) is 0 Å². The largest absolute Gasteiger partial charge is 0.0467 e. The summed E-state index contributed by atoms with van der Waals surface area (Å²) in [5.41, 5.74) is 1.03. The van der Waals surface area contributed by atoms with E-state index in [1.807, 2.05) is 0 Å². The summed E-state index contributed by atoms with van der Waals surface area (Å²) in [6.07, 6.45) is 6.57. The van der Waals surface area contributed by atoms with Gasteiger partial charge in [-0.15, -0.1) is 0 Å². The fraction of sp³-hybridized carbons (Fsp3) is 1.00. The van der Waals surface area contributed by atoms with E-state index in [4.69, 9.17) is 0 Å². The molecule has 0 aliphatic heterocycles. The Labute approximate surface area is 55.6 Å². The highest BCUT2D eigenvalue weighted by atomic mass is 14.8. The van der Waals surface area contributed by atoms with Gasteiger partial charge < -0.3 is 0 Å². The topological polar surface area (TPSA) is 0 Å². The zero-order valence-corrected chi connectivity index (χ0v) is 5.64. The fourth-order valence-corrected chi connectivity index (χ4v) is 4.72. The lowest BCUT2D eigenvalue weighted by atomic mass is 9.34. The molecule has 0 aromatic carbocycles. The first-order valence-corrected chi connectivity index (χ1v) is 4.41. The minimum absolute atomic E-state index is 1.03. The van der Waals surface area contributed by atoms with E-state index in [-0.39, 0.29) is 0 Å². The van der Waals surface area contributed by atoms with Crippen LogP contribution in [0.25, 0.3) is 0 Å². The highest BCUT2D eigenvalue weighted by Crippen LogP contribution is 2.86. The lowest BCUT2D eigenvalue weighted by Gasteiger charge is -2.71. The predicted octanol–water partition coefficient (Wildman–Crippen LogP) is 2.05. The average Bonchev–Trinajstić information content (AvgIpc) is 2.07. The monoisotopic (exact) mass is 120 g/mol. The molecule has 5 rings (SSSR count). The Bertz CT molecular complexity index is 184. The van der Waals surface area contributed by atoms with Crippen LogP contribution in [0, 0.1) is 29.1 Å². The number of rotatable bonds is 0. The average molecular weight is 120 g/mol. The molecule has 0 amide bonds. The van der Waals surface area contributed by atoms with E-state index in [1.165, 1.54) is 23.7 Å². The van der Waals surface area contributed by atoms with Crippen LogP contribution < -0.4 is 0 Å². The Morgan fingerprint density at radius 1 is 1.00 bits per heavy atom. The molecule has 0 heterocycles. The molecule has 0 aromatic heterocycles. The second-order valence-corrected chi connectivity index (χ2v) is 4.78. The SMILES string of the molecule is C1C2CC34C1CC3CC24. The first-order chi connectivity index (χ1) is 4.41. The summed E-state index contributed by atoms with van der Waals surface area (Å²) in [6, 6.07) is 0.